The smallest absolute Gasteiger partial charge is 0.332 e. The number of carboxylic acid groups (broad SMARTS) is 1. The van der Waals surface area contributed by atoms with E-state index in [4.69, 9.17) is 19.3 Å². The highest BCUT2D eigenvalue weighted by atomic mass is 16.5. The molecule has 1 amide bonds. The second-order valence-electron chi connectivity index (χ2n) is 4.76. The Morgan fingerprint density at radius 1 is 1.26 bits per heavy atom. The zero-order valence-electron chi connectivity index (χ0n) is 10.9. The van der Waals surface area contributed by atoms with E-state index < -0.39 is 18.2 Å². The highest BCUT2D eigenvalue weighted by Gasteiger charge is 2.40. The fraction of sp³-hybridized carbons (Fsp3) is 0.833. The number of hydrogen-bond acceptors (Lipinski definition) is 5. The van der Waals surface area contributed by atoms with Gasteiger partial charge in [-0.1, -0.05) is 0 Å². The van der Waals surface area contributed by atoms with Crippen molar-refractivity contribution >= 4 is 11.9 Å². The van der Waals surface area contributed by atoms with Gasteiger partial charge in [-0.3, -0.25) is 4.79 Å². The van der Waals surface area contributed by atoms with Crippen molar-refractivity contribution in [2.45, 2.75) is 31.2 Å². The van der Waals surface area contributed by atoms with Crippen LogP contribution in [-0.4, -0.2) is 73.6 Å². The van der Waals surface area contributed by atoms with Crippen molar-refractivity contribution in [3.8, 4) is 0 Å². The maximum absolute atomic E-state index is 12.0. The first-order valence-electron chi connectivity index (χ1n) is 6.39. The van der Waals surface area contributed by atoms with Crippen molar-refractivity contribution in [2.24, 2.45) is 0 Å². The summed E-state index contributed by atoms with van der Waals surface area (Å²) in [7, 11) is 1.61. The van der Waals surface area contributed by atoms with Crippen LogP contribution in [-0.2, 0) is 23.8 Å². The zero-order chi connectivity index (χ0) is 13.8. The minimum atomic E-state index is -1.00. The quantitative estimate of drug-likeness (QED) is 0.656. The minimum absolute atomic E-state index is 0.0516. The van der Waals surface area contributed by atoms with E-state index >= 15 is 0 Å². The molecule has 7 heteroatoms. The molecule has 0 aliphatic carbocycles. The molecule has 0 unspecified atom stereocenters. The molecule has 0 spiro atoms. The van der Waals surface area contributed by atoms with Crippen LogP contribution in [0.1, 0.15) is 12.8 Å². The molecule has 0 aromatic heterocycles. The summed E-state index contributed by atoms with van der Waals surface area (Å²) in [4.78, 5) is 24.4. The fourth-order valence-corrected chi connectivity index (χ4v) is 2.23. The Morgan fingerprint density at radius 2 is 1.95 bits per heavy atom. The van der Waals surface area contributed by atoms with Gasteiger partial charge >= 0.3 is 5.97 Å². The number of nitrogens with zero attached hydrogens (tertiary/aromatic N) is 1. The molecule has 2 aliphatic rings. The number of amides is 1. The lowest BCUT2D eigenvalue weighted by atomic mass is 10.1. The molecule has 2 atom stereocenters. The highest BCUT2D eigenvalue weighted by molar-refractivity contribution is 5.83. The van der Waals surface area contributed by atoms with Gasteiger partial charge in [0.25, 0.3) is 5.91 Å². The number of likely N-dealkylation sites (tertiary alicyclic amines) is 1. The third-order valence-electron chi connectivity index (χ3n) is 3.37. The van der Waals surface area contributed by atoms with Crippen molar-refractivity contribution in [1.29, 1.82) is 0 Å². The normalized spacial score (nSPS) is 27.3. The van der Waals surface area contributed by atoms with Gasteiger partial charge in [0, 0.05) is 20.2 Å². The van der Waals surface area contributed by atoms with Crippen LogP contribution >= 0.6 is 0 Å². The monoisotopic (exact) mass is 273 g/mol. The molecule has 2 fully saturated rings. The molecular formula is C12H19NO6. The lowest BCUT2D eigenvalue weighted by Gasteiger charge is -2.39. The van der Waals surface area contributed by atoms with Crippen molar-refractivity contribution in [3.63, 3.8) is 0 Å². The van der Waals surface area contributed by atoms with Crippen molar-refractivity contribution < 1.29 is 28.9 Å². The Hall–Kier alpha value is -1.18. The first-order valence-corrected chi connectivity index (χ1v) is 6.39. The van der Waals surface area contributed by atoms with E-state index in [1.54, 1.807) is 12.0 Å². The Bertz CT molecular complexity index is 341. The lowest BCUT2D eigenvalue weighted by molar-refractivity contribution is -0.162. The van der Waals surface area contributed by atoms with Crippen molar-refractivity contribution in [3.05, 3.63) is 0 Å². The first-order chi connectivity index (χ1) is 9.11. The van der Waals surface area contributed by atoms with Crippen LogP contribution in [0.3, 0.4) is 0 Å². The number of ether oxygens (including phenoxy) is 3. The van der Waals surface area contributed by atoms with Crippen LogP contribution in [0.4, 0.5) is 0 Å². The second kappa shape index (κ2) is 6.31. The fourth-order valence-electron chi connectivity index (χ4n) is 2.23. The number of carbonyl (C=O) groups excluding carboxylic acids is 1. The largest absolute Gasteiger partial charge is 0.479 e. The van der Waals surface area contributed by atoms with E-state index in [9.17, 15) is 9.59 Å². The van der Waals surface area contributed by atoms with Crippen LogP contribution in [0.2, 0.25) is 0 Å². The number of hydrogen-bond donors (Lipinski definition) is 1. The van der Waals surface area contributed by atoms with Crippen molar-refractivity contribution in [2.75, 3.05) is 33.4 Å². The summed E-state index contributed by atoms with van der Waals surface area (Å²) in [5, 5.41) is 8.80. The third-order valence-corrected chi connectivity index (χ3v) is 3.37. The van der Waals surface area contributed by atoms with E-state index in [0.717, 1.165) is 0 Å². The number of carboxylic acids is 1. The topological polar surface area (TPSA) is 85.3 Å². The number of carbonyl (C=O) groups is 2. The predicted octanol–water partition coefficient (Wildman–Crippen LogP) is -0.508. The molecule has 0 radical (unpaired) electrons. The van der Waals surface area contributed by atoms with Gasteiger partial charge in [-0.05, 0) is 12.8 Å². The Kier molecular flexibility index (Phi) is 4.73. The summed E-state index contributed by atoms with van der Waals surface area (Å²) in [5.41, 5.74) is 0. The average Bonchev–Trinajstić information content (AvgIpc) is 2.81. The van der Waals surface area contributed by atoms with E-state index in [2.05, 4.69) is 0 Å². The first kappa shape index (κ1) is 14.2. The Morgan fingerprint density at radius 3 is 2.53 bits per heavy atom. The standard InChI is InChI=1S/C12H19NO6/c1-17-4-5-18-8-6-13(7-8)11(14)9-2-3-10(19-9)12(15)16/h8-10H,2-7H2,1H3,(H,15,16)/t9-,10+/m0/s1. The highest BCUT2D eigenvalue weighted by Crippen LogP contribution is 2.24. The summed E-state index contributed by atoms with van der Waals surface area (Å²) in [6, 6.07) is 0. The van der Waals surface area contributed by atoms with Crippen LogP contribution in [0.5, 0.6) is 0 Å². The molecule has 2 rings (SSSR count). The molecule has 0 aromatic rings. The molecule has 0 saturated carbocycles. The van der Waals surface area contributed by atoms with E-state index in [0.29, 0.717) is 39.1 Å². The molecule has 0 aromatic carbocycles. The van der Waals surface area contributed by atoms with Gasteiger partial charge in [0.1, 0.15) is 6.10 Å². The average molecular weight is 273 g/mol. The number of methoxy groups -OCH3 is 1. The van der Waals surface area contributed by atoms with Crippen LogP contribution in [0.15, 0.2) is 0 Å². The predicted molar refractivity (Wildman–Crippen MR) is 63.7 cm³/mol. The molecule has 19 heavy (non-hydrogen) atoms. The Labute approximate surface area is 111 Å². The summed E-state index contributed by atoms with van der Waals surface area (Å²) >= 11 is 0. The number of aliphatic carboxylic acids is 1. The minimum Gasteiger partial charge on any atom is -0.479 e. The zero-order valence-corrected chi connectivity index (χ0v) is 10.9. The number of rotatable bonds is 6. The molecular weight excluding hydrogens is 254 g/mol. The van der Waals surface area contributed by atoms with Crippen LogP contribution in [0.25, 0.3) is 0 Å². The van der Waals surface area contributed by atoms with E-state index in [1.807, 2.05) is 0 Å². The van der Waals surface area contributed by atoms with Gasteiger partial charge in [0.15, 0.2) is 6.10 Å². The SMILES string of the molecule is COCCOC1CN(C(=O)[C@@H]2CC[C@H](C(=O)O)O2)C1. The molecule has 2 saturated heterocycles. The maximum Gasteiger partial charge on any atom is 0.332 e. The maximum atomic E-state index is 12.0. The van der Waals surface area contributed by atoms with Gasteiger partial charge in [-0.25, -0.2) is 4.79 Å². The van der Waals surface area contributed by atoms with Crippen LogP contribution < -0.4 is 0 Å². The van der Waals surface area contributed by atoms with E-state index in [-0.39, 0.29) is 12.0 Å². The second-order valence-corrected chi connectivity index (χ2v) is 4.76. The summed E-state index contributed by atoms with van der Waals surface area (Å²) < 4.78 is 15.6. The molecule has 1 N–H and O–H groups in total. The van der Waals surface area contributed by atoms with Crippen LogP contribution in [0, 0.1) is 0 Å². The summed E-state index contributed by atoms with van der Waals surface area (Å²) in [6.45, 7) is 2.14. The molecule has 108 valence electrons. The van der Waals surface area contributed by atoms with Crippen molar-refractivity contribution in [1.82, 2.24) is 4.90 Å². The summed E-state index contributed by atoms with van der Waals surface area (Å²) in [6.07, 6.45) is -0.532. The van der Waals surface area contributed by atoms with E-state index in [1.165, 1.54) is 0 Å². The lowest BCUT2D eigenvalue weighted by Crippen LogP contribution is -2.57. The third kappa shape index (κ3) is 3.43. The molecule has 2 aliphatic heterocycles. The van der Waals surface area contributed by atoms with Gasteiger partial charge < -0.3 is 24.2 Å². The summed E-state index contributed by atoms with van der Waals surface area (Å²) in [5.74, 6) is -1.13. The Balaban J connectivity index is 1.68. The molecule has 2 heterocycles. The molecule has 7 nitrogen and oxygen atoms in total. The van der Waals surface area contributed by atoms with Gasteiger partial charge in [-0.2, -0.15) is 0 Å². The van der Waals surface area contributed by atoms with Gasteiger partial charge in [0.2, 0.25) is 0 Å². The van der Waals surface area contributed by atoms with Gasteiger partial charge in [0.05, 0.1) is 19.3 Å². The van der Waals surface area contributed by atoms with Gasteiger partial charge in [-0.15, -0.1) is 0 Å². The molecule has 0 bridgehead atoms.